The zero-order valence-electron chi connectivity index (χ0n) is 15.3. The summed E-state index contributed by atoms with van der Waals surface area (Å²) < 4.78 is 5.86. The largest absolute Gasteiger partial charge is 0.493 e. The molecule has 1 aliphatic heterocycles. The average Bonchev–Trinajstić information content (AvgIpc) is 3.01. The van der Waals surface area contributed by atoms with E-state index >= 15 is 0 Å². The molecular formula is C19H30N2O3. The van der Waals surface area contributed by atoms with Gasteiger partial charge in [0.1, 0.15) is 5.75 Å². The molecule has 0 aliphatic carbocycles. The van der Waals surface area contributed by atoms with E-state index < -0.39 is 0 Å². The summed E-state index contributed by atoms with van der Waals surface area (Å²) in [5.41, 5.74) is 3.61. The number of ether oxygens (including phenoxy) is 1. The van der Waals surface area contributed by atoms with Crippen molar-refractivity contribution in [3.05, 3.63) is 28.8 Å². The first-order valence-electron chi connectivity index (χ1n) is 8.80. The number of aliphatic hydroxyl groups excluding tert-OH is 1. The van der Waals surface area contributed by atoms with Gasteiger partial charge in [0.2, 0.25) is 0 Å². The minimum Gasteiger partial charge on any atom is -0.493 e. The molecule has 1 aliphatic rings. The molecule has 5 heteroatoms. The minimum absolute atomic E-state index is 0.0410. The van der Waals surface area contributed by atoms with Gasteiger partial charge in [-0.05, 0) is 63.3 Å². The van der Waals surface area contributed by atoms with Crippen LogP contribution in [-0.2, 0) is 0 Å². The van der Waals surface area contributed by atoms with Gasteiger partial charge in [-0.25, -0.2) is 4.79 Å². The predicted molar refractivity (Wildman–Crippen MR) is 95.5 cm³/mol. The van der Waals surface area contributed by atoms with Crippen LogP contribution < -0.4 is 10.1 Å². The molecule has 1 heterocycles. The standard InChI is InChI=1S/C19H30N2O3/c1-13-10-14(2)15(3)18(11-13)24-9-5-7-20-19(23)21-8-6-17(12-21)16(4)22/h10-11,16-17,22H,5-9,12H2,1-4H3,(H,20,23)/t16-,17-/m0/s1. The number of carbonyl (C=O) groups is 1. The van der Waals surface area contributed by atoms with Crippen molar-refractivity contribution in [3.63, 3.8) is 0 Å². The first-order chi connectivity index (χ1) is 11.4. The number of rotatable bonds is 6. The van der Waals surface area contributed by atoms with E-state index in [1.54, 1.807) is 11.8 Å². The Kier molecular flexibility index (Phi) is 6.49. The number of carbonyl (C=O) groups excluding carboxylic acids is 1. The average molecular weight is 334 g/mol. The Morgan fingerprint density at radius 1 is 1.42 bits per heavy atom. The fourth-order valence-corrected chi connectivity index (χ4v) is 3.08. The van der Waals surface area contributed by atoms with E-state index in [1.807, 2.05) is 0 Å². The monoisotopic (exact) mass is 334 g/mol. The highest BCUT2D eigenvalue weighted by Gasteiger charge is 2.28. The maximum atomic E-state index is 12.1. The summed E-state index contributed by atoms with van der Waals surface area (Å²) in [5, 5.41) is 12.5. The lowest BCUT2D eigenvalue weighted by molar-refractivity contribution is 0.129. The van der Waals surface area contributed by atoms with Crippen LogP contribution in [0.25, 0.3) is 0 Å². The molecular weight excluding hydrogens is 304 g/mol. The van der Waals surface area contributed by atoms with Gasteiger partial charge in [0.25, 0.3) is 0 Å². The van der Waals surface area contributed by atoms with Gasteiger partial charge in [-0.3, -0.25) is 0 Å². The summed E-state index contributed by atoms with van der Waals surface area (Å²) in [4.78, 5) is 13.9. The van der Waals surface area contributed by atoms with E-state index in [9.17, 15) is 9.90 Å². The summed E-state index contributed by atoms with van der Waals surface area (Å²) in [7, 11) is 0. The predicted octanol–water partition coefficient (Wildman–Crippen LogP) is 2.79. The molecule has 2 N–H and O–H groups in total. The Hall–Kier alpha value is -1.75. The third-order valence-corrected chi connectivity index (χ3v) is 4.81. The van der Waals surface area contributed by atoms with Crippen LogP contribution in [0.4, 0.5) is 4.79 Å². The van der Waals surface area contributed by atoms with E-state index in [4.69, 9.17) is 4.74 Å². The van der Waals surface area contributed by atoms with Gasteiger partial charge in [0.05, 0.1) is 12.7 Å². The summed E-state index contributed by atoms with van der Waals surface area (Å²) in [6.07, 6.45) is 1.30. The van der Waals surface area contributed by atoms with Crippen molar-refractivity contribution in [1.29, 1.82) is 0 Å². The van der Waals surface area contributed by atoms with Crippen molar-refractivity contribution in [2.45, 2.75) is 46.6 Å². The number of aliphatic hydroxyl groups is 1. The Labute approximate surface area is 145 Å². The number of nitrogens with zero attached hydrogens (tertiary/aromatic N) is 1. The second-order valence-corrected chi connectivity index (χ2v) is 6.87. The van der Waals surface area contributed by atoms with Crippen LogP contribution in [0.1, 0.15) is 36.5 Å². The number of urea groups is 1. The molecule has 0 spiro atoms. The molecule has 2 amide bonds. The number of likely N-dealkylation sites (tertiary alicyclic amines) is 1. The van der Waals surface area contributed by atoms with E-state index in [1.165, 1.54) is 16.7 Å². The van der Waals surface area contributed by atoms with Crippen molar-refractivity contribution in [2.75, 3.05) is 26.2 Å². The third kappa shape index (κ3) is 4.87. The number of nitrogens with one attached hydrogen (secondary N) is 1. The van der Waals surface area contributed by atoms with Gasteiger partial charge >= 0.3 is 6.03 Å². The lowest BCUT2D eigenvalue weighted by Crippen LogP contribution is -2.39. The highest BCUT2D eigenvalue weighted by molar-refractivity contribution is 5.74. The Bertz CT molecular complexity index is 572. The van der Waals surface area contributed by atoms with Gasteiger partial charge in [0.15, 0.2) is 0 Å². The van der Waals surface area contributed by atoms with Crippen molar-refractivity contribution in [1.82, 2.24) is 10.2 Å². The molecule has 0 aromatic heterocycles. The molecule has 5 nitrogen and oxygen atoms in total. The summed E-state index contributed by atoms with van der Waals surface area (Å²) in [6.45, 7) is 10.6. The number of hydrogen-bond acceptors (Lipinski definition) is 3. The minimum atomic E-state index is -0.350. The van der Waals surface area contributed by atoms with E-state index in [0.29, 0.717) is 19.7 Å². The number of hydrogen-bond donors (Lipinski definition) is 2. The maximum absolute atomic E-state index is 12.1. The summed E-state index contributed by atoms with van der Waals surface area (Å²) >= 11 is 0. The lowest BCUT2D eigenvalue weighted by atomic mass is 10.0. The Morgan fingerprint density at radius 2 is 2.17 bits per heavy atom. The Balaban J connectivity index is 1.68. The maximum Gasteiger partial charge on any atom is 0.317 e. The van der Waals surface area contributed by atoms with E-state index in [2.05, 4.69) is 38.2 Å². The molecule has 134 valence electrons. The number of aryl methyl sites for hydroxylation is 2. The van der Waals surface area contributed by atoms with E-state index in [-0.39, 0.29) is 18.1 Å². The quantitative estimate of drug-likeness (QED) is 0.787. The molecule has 1 fully saturated rings. The number of amides is 2. The second kappa shape index (κ2) is 8.38. The topological polar surface area (TPSA) is 61.8 Å². The molecule has 0 bridgehead atoms. The molecule has 24 heavy (non-hydrogen) atoms. The Morgan fingerprint density at radius 3 is 2.83 bits per heavy atom. The van der Waals surface area contributed by atoms with Gasteiger partial charge in [-0.2, -0.15) is 0 Å². The van der Waals surface area contributed by atoms with Gasteiger partial charge in [-0.1, -0.05) is 6.07 Å². The van der Waals surface area contributed by atoms with Crippen LogP contribution in [0.2, 0.25) is 0 Å². The summed E-state index contributed by atoms with van der Waals surface area (Å²) in [6, 6.07) is 4.17. The molecule has 1 aromatic carbocycles. The molecule has 2 rings (SSSR count). The van der Waals surface area contributed by atoms with Crippen molar-refractivity contribution >= 4 is 6.03 Å². The molecule has 1 aromatic rings. The van der Waals surface area contributed by atoms with Gasteiger partial charge < -0.3 is 20.1 Å². The van der Waals surface area contributed by atoms with Crippen molar-refractivity contribution in [3.8, 4) is 5.75 Å². The van der Waals surface area contributed by atoms with Crippen LogP contribution in [0.3, 0.4) is 0 Å². The first-order valence-corrected chi connectivity index (χ1v) is 8.80. The van der Waals surface area contributed by atoms with Crippen LogP contribution in [0.5, 0.6) is 5.75 Å². The SMILES string of the molecule is Cc1cc(C)c(C)c(OCCCNC(=O)N2CC[C@H]([C@H](C)O)C2)c1. The fourth-order valence-electron chi connectivity index (χ4n) is 3.08. The molecule has 0 radical (unpaired) electrons. The molecule has 1 saturated heterocycles. The van der Waals surface area contributed by atoms with Gasteiger partial charge in [-0.15, -0.1) is 0 Å². The smallest absolute Gasteiger partial charge is 0.317 e. The highest BCUT2D eigenvalue weighted by Crippen LogP contribution is 2.23. The van der Waals surface area contributed by atoms with E-state index in [0.717, 1.165) is 25.1 Å². The highest BCUT2D eigenvalue weighted by atomic mass is 16.5. The summed E-state index contributed by atoms with van der Waals surface area (Å²) in [5.74, 6) is 1.13. The molecule has 0 unspecified atom stereocenters. The third-order valence-electron chi connectivity index (χ3n) is 4.81. The van der Waals surface area contributed by atoms with Crippen LogP contribution in [0.15, 0.2) is 12.1 Å². The van der Waals surface area contributed by atoms with Crippen molar-refractivity contribution < 1.29 is 14.6 Å². The zero-order valence-corrected chi connectivity index (χ0v) is 15.3. The first kappa shape index (κ1) is 18.6. The zero-order chi connectivity index (χ0) is 17.7. The number of benzene rings is 1. The second-order valence-electron chi connectivity index (χ2n) is 6.87. The molecule has 0 saturated carbocycles. The van der Waals surface area contributed by atoms with Crippen LogP contribution >= 0.6 is 0 Å². The lowest BCUT2D eigenvalue weighted by Gasteiger charge is -2.18. The van der Waals surface area contributed by atoms with Gasteiger partial charge in [0, 0.05) is 25.6 Å². The normalized spacial score (nSPS) is 18.5. The van der Waals surface area contributed by atoms with Crippen LogP contribution in [-0.4, -0.2) is 48.4 Å². The molecule has 2 atom stereocenters. The van der Waals surface area contributed by atoms with Crippen molar-refractivity contribution in [2.24, 2.45) is 5.92 Å². The fraction of sp³-hybridized carbons (Fsp3) is 0.632. The van der Waals surface area contributed by atoms with Crippen LogP contribution in [0, 0.1) is 26.7 Å².